The molecule has 0 radical (unpaired) electrons. The van der Waals surface area contributed by atoms with E-state index in [4.69, 9.17) is 14.7 Å². The Balaban J connectivity index is 1.71. The number of anilines is 1. The molecular formula is C27H28N2O3. The Kier molecular flexibility index (Phi) is 6.16. The fourth-order valence-electron chi connectivity index (χ4n) is 3.92. The summed E-state index contributed by atoms with van der Waals surface area (Å²) in [6.45, 7) is 4.92. The summed E-state index contributed by atoms with van der Waals surface area (Å²) < 4.78 is 11.9. The van der Waals surface area contributed by atoms with Crippen LogP contribution in [0.5, 0.6) is 5.75 Å². The van der Waals surface area contributed by atoms with Crippen molar-refractivity contribution in [2.75, 3.05) is 12.0 Å². The number of nitrogens with zero attached hydrogens (tertiary/aromatic N) is 2. The lowest BCUT2D eigenvalue weighted by molar-refractivity contribution is -0.119. The number of methoxy groups -OCH3 is 1. The SMILES string of the molecule is COc1c(CN(C(=O)C2CC2)c2cccc(/C=C/C#N)c2)ccc2c1COC(C)(C)C=C2. The zero-order chi connectivity index (χ0) is 22.7. The van der Waals surface area contributed by atoms with E-state index in [0.717, 1.165) is 46.5 Å². The van der Waals surface area contributed by atoms with Crippen molar-refractivity contribution in [2.45, 2.75) is 45.4 Å². The molecule has 0 spiro atoms. The minimum atomic E-state index is -0.352. The van der Waals surface area contributed by atoms with Gasteiger partial charge in [-0.3, -0.25) is 4.79 Å². The van der Waals surface area contributed by atoms with Crippen LogP contribution in [0, 0.1) is 17.2 Å². The second kappa shape index (κ2) is 9.02. The number of fused-ring (bicyclic) bond motifs is 1. The van der Waals surface area contributed by atoms with Crippen molar-refractivity contribution < 1.29 is 14.3 Å². The number of rotatable bonds is 6. The van der Waals surface area contributed by atoms with Crippen LogP contribution in [0.25, 0.3) is 12.2 Å². The van der Waals surface area contributed by atoms with Crippen molar-refractivity contribution in [1.29, 1.82) is 5.26 Å². The number of amides is 1. The van der Waals surface area contributed by atoms with Gasteiger partial charge < -0.3 is 14.4 Å². The highest BCUT2D eigenvalue weighted by molar-refractivity contribution is 5.96. The third kappa shape index (κ3) is 4.76. The second-order valence-corrected chi connectivity index (χ2v) is 8.81. The van der Waals surface area contributed by atoms with Gasteiger partial charge in [-0.25, -0.2) is 0 Å². The smallest absolute Gasteiger partial charge is 0.230 e. The summed E-state index contributed by atoms with van der Waals surface area (Å²) >= 11 is 0. The Hall–Kier alpha value is -3.36. The summed E-state index contributed by atoms with van der Waals surface area (Å²) in [4.78, 5) is 15.1. The van der Waals surface area contributed by atoms with Crippen LogP contribution < -0.4 is 9.64 Å². The van der Waals surface area contributed by atoms with Gasteiger partial charge in [-0.1, -0.05) is 36.4 Å². The molecule has 164 valence electrons. The van der Waals surface area contributed by atoms with Gasteiger partial charge in [0.05, 0.1) is 31.9 Å². The summed E-state index contributed by atoms with van der Waals surface area (Å²) in [7, 11) is 1.67. The third-order valence-corrected chi connectivity index (χ3v) is 5.89. The largest absolute Gasteiger partial charge is 0.496 e. The summed E-state index contributed by atoms with van der Waals surface area (Å²) in [5.74, 6) is 0.965. The Morgan fingerprint density at radius 2 is 2.12 bits per heavy atom. The molecule has 1 fully saturated rings. The van der Waals surface area contributed by atoms with Gasteiger partial charge >= 0.3 is 0 Å². The van der Waals surface area contributed by atoms with E-state index in [0.29, 0.717) is 13.2 Å². The summed E-state index contributed by atoms with van der Waals surface area (Å²) in [5, 5.41) is 8.85. The van der Waals surface area contributed by atoms with Crippen molar-refractivity contribution in [3.05, 3.63) is 70.8 Å². The zero-order valence-electron chi connectivity index (χ0n) is 18.8. The van der Waals surface area contributed by atoms with Crippen molar-refractivity contribution in [2.24, 2.45) is 5.92 Å². The van der Waals surface area contributed by atoms with Crippen LogP contribution in [0.4, 0.5) is 5.69 Å². The Morgan fingerprint density at radius 3 is 2.84 bits per heavy atom. The molecule has 0 unspecified atom stereocenters. The van der Waals surface area contributed by atoms with Crippen LogP contribution in [-0.4, -0.2) is 18.6 Å². The first-order valence-corrected chi connectivity index (χ1v) is 10.9. The molecule has 1 amide bonds. The maximum atomic E-state index is 13.2. The lowest BCUT2D eigenvalue weighted by Crippen LogP contribution is -2.32. The topological polar surface area (TPSA) is 62.6 Å². The summed E-state index contributed by atoms with van der Waals surface area (Å²) in [6, 6.07) is 13.8. The van der Waals surface area contributed by atoms with Gasteiger partial charge in [-0.2, -0.15) is 5.26 Å². The third-order valence-electron chi connectivity index (χ3n) is 5.89. The van der Waals surface area contributed by atoms with E-state index in [9.17, 15) is 4.79 Å². The molecule has 0 atom stereocenters. The van der Waals surface area contributed by atoms with E-state index in [-0.39, 0.29) is 17.4 Å². The first-order chi connectivity index (χ1) is 15.4. The minimum absolute atomic E-state index is 0.0761. The van der Waals surface area contributed by atoms with E-state index in [1.165, 1.54) is 6.08 Å². The molecule has 4 rings (SSSR count). The Labute approximate surface area is 189 Å². The van der Waals surface area contributed by atoms with Gasteiger partial charge in [0, 0.05) is 28.8 Å². The lowest BCUT2D eigenvalue weighted by atomic mass is 10.0. The molecule has 5 nitrogen and oxygen atoms in total. The highest BCUT2D eigenvalue weighted by Gasteiger charge is 2.35. The fourth-order valence-corrected chi connectivity index (χ4v) is 3.92. The monoisotopic (exact) mass is 428 g/mol. The predicted octanol–water partition coefficient (Wildman–Crippen LogP) is 5.50. The molecule has 0 N–H and O–H groups in total. The average molecular weight is 429 g/mol. The van der Waals surface area contributed by atoms with Crippen molar-refractivity contribution >= 4 is 23.7 Å². The number of ether oxygens (including phenoxy) is 2. The number of hydrogen-bond acceptors (Lipinski definition) is 4. The number of nitriles is 1. The number of allylic oxidation sites excluding steroid dienone is 1. The van der Waals surface area contributed by atoms with Gasteiger partial charge in [-0.05, 0) is 56.0 Å². The molecule has 0 aromatic heterocycles. The minimum Gasteiger partial charge on any atom is -0.496 e. The Bertz CT molecular complexity index is 1120. The van der Waals surface area contributed by atoms with Crippen LogP contribution in [0.1, 0.15) is 48.9 Å². The molecular weight excluding hydrogens is 400 g/mol. The molecule has 2 aromatic carbocycles. The van der Waals surface area contributed by atoms with E-state index in [1.54, 1.807) is 13.2 Å². The second-order valence-electron chi connectivity index (χ2n) is 8.81. The first kappa shape index (κ1) is 21.9. The molecule has 1 aliphatic carbocycles. The number of benzene rings is 2. The molecule has 2 aromatic rings. The van der Waals surface area contributed by atoms with Gasteiger partial charge in [0.25, 0.3) is 0 Å². The van der Waals surface area contributed by atoms with Crippen molar-refractivity contribution in [3.8, 4) is 11.8 Å². The highest BCUT2D eigenvalue weighted by atomic mass is 16.5. The first-order valence-electron chi connectivity index (χ1n) is 10.9. The molecule has 5 heteroatoms. The molecule has 2 aliphatic rings. The Morgan fingerprint density at radius 1 is 1.31 bits per heavy atom. The fraction of sp³-hybridized carbons (Fsp3) is 0.333. The maximum Gasteiger partial charge on any atom is 0.230 e. The maximum absolute atomic E-state index is 13.2. The standard InChI is InChI=1S/C27H28N2O3/c1-27(2)14-13-20-9-12-22(25(31-3)24(20)18-32-27)17-29(26(30)21-10-11-21)23-8-4-6-19(16-23)7-5-15-28/h4-9,12-14,16,21H,10-11,17-18H2,1-3H3/b7-5+. The van der Waals surface area contributed by atoms with Gasteiger partial charge in [0.2, 0.25) is 5.91 Å². The normalized spacial score (nSPS) is 16.8. The molecule has 1 aliphatic heterocycles. The molecule has 32 heavy (non-hydrogen) atoms. The van der Waals surface area contributed by atoms with Crippen LogP contribution >= 0.6 is 0 Å². The number of hydrogen-bond donors (Lipinski definition) is 0. The zero-order valence-corrected chi connectivity index (χ0v) is 18.8. The molecule has 0 bridgehead atoms. The van der Waals surface area contributed by atoms with E-state index >= 15 is 0 Å². The van der Waals surface area contributed by atoms with Crippen LogP contribution in [0.15, 0.2) is 48.6 Å². The predicted molar refractivity (Wildman–Crippen MR) is 126 cm³/mol. The van der Waals surface area contributed by atoms with Crippen molar-refractivity contribution in [3.63, 3.8) is 0 Å². The number of carbonyl (C=O) groups excluding carboxylic acids is 1. The lowest BCUT2D eigenvalue weighted by Gasteiger charge is -2.26. The summed E-state index contributed by atoms with van der Waals surface area (Å²) in [6.07, 6.45) is 9.18. The molecule has 0 saturated heterocycles. The van der Waals surface area contributed by atoms with E-state index in [1.807, 2.05) is 55.1 Å². The van der Waals surface area contributed by atoms with Crippen LogP contribution in [0.3, 0.4) is 0 Å². The molecule has 1 saturated carbocycles. The van der Waals surface area contributed by atoms with Crippen LogP contribution in [-0.2, 0) is 22.7 Å². The average Bonchev–Trinajstić information content (AvgIpc) is 3.64. The van der Waals surface area contributed by atoms with E-state index in [2.05, 4.69) is 18.2 Å². The van der Waals surface area contributed by atoms with Crippen LogP contribution in [0.2, 0.25) is 0 Å². The highest BCUT2D eigenvalue weighted by Crippen LogP contribution is 2.37. The van der Waals surface area contributed by atoms with Gasteiger partial charge in [0.1, 0.15) is 5.75 Å². The quantitative estimate of drug-likeness (QED) is 0.570. The van der Waals surface area contributed by atoms with Gasteiger partial charge in [-0.15, -0.1) is 0 Å². The number of carbonyl (C=O) groups is 1. The van der Waals surface area contributed by atoms with Crippen molar-refractivity contribution in [1.82, 2.24) is 0 Å². The van der Waals surface area contributed by atoms with E-state index < -0.39 is 0 Å². The van der Waals surface area contributed by atoms with Gasteiger partial charge in [0.15, 0.2) is 0 Å². The molecule has 1 heterocycles. The summed E-state index contributed by atoms with van der Waals surface area (Å²) in [5.41, 5.74) is 4.35.